The number of hydrogen-bond acceptors (Lipinski definition) is 7. The molecule has 5 rings (SSSR count). The summed E-state index contributed by atoms with van der Waals surface area (Å²) >= 11 is 0. The van der Waals surface area contributed by atoms with Crippen molar-refractivity contribution in [2.45, 2.75) is 124 Å². The molecule has 4 N–H and O–H groups in total. The third kappa shape index (κ3) is 8.51. The van der Waals surface area contributed by atoms with Crippen LogP contribution in [0.1, 0.15) is 99.3 Å². The maximum Gasteiger partial charge on any atom is 0.316 e. The van der Waals surface area contributed by atoms with E-state index in [-0.39, 0.29) is 48.6 Å². The van der Waals surface area contributed by atoms with Crippen molar-refractivity contribution in [3.63, 3.8) is 0 Å². The number of nitrogens with one attached hydrogen (secondary N) is 4. The molecule has 0 spiro atoms. The molecular weight excluding hydrogens is 687 g/mol. The van der Waals surface area contributed by atoms with Crippen LogP contribution in [-0.4, -0.2) is 108 Å². The first-order valence-corrected chi connectivity index (χ1v) is 20.7. The molecule has 3 aliphatic carbocycles. The first-order chi connectivity index (χ1) is 24.4. The number of piperidine rings is 1. The lowest BCUT2D eigenvalue weighted by Gasteiger charge is -2.39. The highest BCUT2D eigenvalue weighted by molar-refractivity contribution is 7.87. The number of hydrogen-bond donors (Lipinski definition) is 4. The minimum Gasteiger partial charge on any atom is -0.346 e. The van der Waals surface area contributed by atoms with Crippen molar-refractivity contribution in [2.24, 2.45) is 34.5 Å². The van der Waals surface area contributed by atoms with Crippen LogP contribution in [0.15, 0.2) is 12.7 Å². The van der Waals surface area contributed by atoms with Crippen molar-refractivity contribution in [3.05, 3.63) is 12.7 Å². The van der Waals surface area contributed by atoms with E-state index in [0.29, 0.717) is 32.0 Å². The maximum absolute atomic E-state index is 14.7. The van der Waals surface area contributed by atoms with Crippen molar-refractivity contribution in [3.8, 4) is 0 Å². The average Bonchev–Trinajstić information content (AvgIpc) is 3.90. The van der Waals surface area contributed by atoms with E-state index in [2.05, 4.69) is 41.7 Å². The Morgan fingerprint density at radius 3 is 2.23 bits per heavy atom. The van der Waals surface area contributed by atoms with Crippen molar-refractivity contribution < 1.29 is 32.4 Å². The zero-order chi connectivity index (χ0) is 38.2. The quantitative estimate of drug-likeness (QED) is 0.147. The summed E-state index contributed by atoms with van der Waals surface area (Å²) in [7, 11) is -3.80. The van der Waals surface area contributed by atoms with Crippen LogP contribution in [0.5, 0.6) is 0 Å². The molecule has 14 nitrogen and oxygen atoms in total. The van der Waals surface area contributed by atoms with E-state index in [4.69, 9.17) is 0 Å². The average molecular weight is 748 g/mol. The van der Waals surface area contributed by atoms with Crippen molar-refractivity contribution in [1.82, 2.24) is 34.8 Å². The molecule has 5 aliphatic rings. The lowest BCUT2D eigenvalue weighted by molar-refractivity contribution is -0.144. The number of ketones is 1. The highest BCUT2D eigenvalue weighted by Gasteiger charge is 2.70. The topological polar surface area (TPSA) is 177 Å². The summed E-state index contributed by atoms with van der Waals surface area (Å²) in [6, 6.07) is -3.49. The summed E-state index contributed by atoms with van der Waals surface area (Å²) in [5, 5.41) is 11.2. The Hall–Kier alpha value is -3.04. The maximum atomic E-state index is 14.7. The number of carbonyl (C=O) groups is 5. The molecule has 2 saturated heterocycles. The largest absolute Gasteiger partial charge is 0.346 e. The summed E-state index contributed by atoms with van der Waals surface area (Å²) in [4.78, 5) is 70.0. The molecule has 2 aliphatic heterocycles. The van der Waals surface area contributed by atoms with Crippen LogP contribution >= 0.6 is 0 Å². The first kappa shape index (κ1) is 40.2. The number of nitrogens with zero attached hydrogens (tertiary/aromatic N) is 3. The smallest absolute Gasteiger partial charge is 0.316 e. The van der Waals surface area contributed by atoms with E-state index in [0.717, 1.165) is 44.9 Å². The normalized spacial score (nSPS) is 27.5. The van der Waals surface area contributed by atoms with Crippen LogP contribution in [-0.2, 0) is 29.4 Å². The fourth-order valence-corrected chi connectivity index (χ4v) is 10.7. The molecule has 5 fully saturated rings. The van der Waals surface area contributed by atoms with Crippen LogP contribution in [0, 0.1) is 34.5 Å². The van der Waals surface area contributed by atoms with E-state index < -0.39 is 63.5 Å². The lowest BCUT2D eigenvalue weighted by Crippen LogP contribution is -2.63. The van der Waals surface area contributed by atoms with E-state index in [1.54, 1.807) is 4.90 Å². The SMILES string of the molecule is C=CCNC(=O)C(=O)C(CCC)NC(=O)[C@@H]1[C@@H]2[C@H](CN1C(=O)[C@@H](NC(=O)N[C@H](N1CCN(CC3CC3)S1(=O)=O)C(C)(C)C)C1CCCCC1)C2(C)C. The second-order valence-corrected chi connectivity index (χ2v) is 19.2. The molecule has 0 bridgehead atoms. The summed E-state index contributed by atoms with van der Waals surface area (Å²) < 4.78 is 30.2. The Morgan fingerprint density at radius 2 is 1.63 bits per heavy atom. The van der Waals surface area contributed by atoms with E-state index in [1.807, 2.05) is 27.7 Å². The van der Waals surface area contributed by atoms with Gasteiger partial charge in [0.2, 0.25) is 17.6 Å². The number of urea groups is 1. The molecule has 292 valence electrons. The van der Waals surface area contributed by atoms with Gasteiger partial charge >= 0.3 is 6.03 Å². The zero-order valence-electron chi connectivity index (χ0n) is 31.9. The molecule has 3 saturated carbocycles. The molecule has 52 heavy (non-hydrogen) atoms. The van der Waals surface area contributed by atoms with Crippen LogP contribution in [0.4, 0.5) is 4.79 Å². The van der Waals surface area contributed by atoms with Crippen LogP contribution in [0.25, 0.3) is 0 Å². The van der Waals surface area contributed by atoms with Gasteiger partial charge in [-0.15, -0.1) is 6.58 Å². The van der Waals surface area contributed by atoms with Gasteiger partial charge < -0.3 is 26.2 Å². The van der Waals surface area contributed by atoms with Crippen LogP contribution in [0.2, 0.25) is 0 Å². The second kappa shape index (κ2) is 15.7. The third-order valence-corrected chi connectivity index (χ3v) is 14.0. The van der Waals surface area contributed by atoms with Gasteiger partial charge in [0.15, 0.2) is 0 Å². The molecule has 0 radical (unpaired) electrons. The van der Waals surface area contributed by atoms with E-state index >= 15 is 0 Å². The summed E-state index contributed by atoms with van der Waals surface area (Å²) in [5.74, 6) is -2.26. The summed E-state index contributed by atoms with van der Waals surface area (Å²) in [6.07, 6.45) is 7.75. The molecule has 1 unspecified atom stereocenters. The van der Waals surface area contributed by atoms with Gasteiger partial charge in [-0.3, -0.25) is 19.2 Å². The van der Waals surface area contributed by atoms with Crippen LogP contribution < -0.4 is 21.3 Å². The Balaban J connectivity index is 1.35. The molecule has 6 atom stereocenters. The van der Waals surface area contributed by atoms with Gasteiger partial charge in [-0.25, -0.2) is 4.79 Å². The number of amides is 5. The Labute approximate surface area is 309 Å². The minimum absolute atomic E-state index is 0.0634. The summed E-state index contributed by atoms with van der Waals surface area (Å²) in [5.41, 5.74) is -0.867. The fraction of sp³-hybridized carbons (Fsp3) is 0.811. The van der Waals surface area contributed by atoms with Gasteiger partial charge in [-0.05, 0) is 66.6 Å². The third-order valence-electron chi connectivity index (χ3n) is 12.0. The predicted molar refractivity (Wildman–Crippen MR) is 197 cm³/mol. The summed E-state index contributed by atoms with van der Waals surface area (Å²) in [6.45, 7) is 16.7. The second-order valence-electron chi connectivity index (χ2n) is 17.3. The fourth-order valence-electron chi connectivity index (χ4n) is 8.72. The molecular formula is C37H61N7O7S. The Bertz CT molecular complexity index is 1500. The number of likely N-dealkylation sites (tertiary alicyclic amines) is 1. The minimum atomic E-state index is -3.80. The van der Waals surface area contributed by atoms with Crippen molar-refractivity contribution in [1.29, 1.82) is 0 Å². The van der Waals surface area contributed by atoms with Crippen molar-refractivity contribution in [2.75, 3.05) is 32.7 Å². The molecule has 0 aromatic carbocycles. The van der Waals surface area contributed by atoms with Gasteiger partial charge in [0.05, 0.1) is 6.04 Å². The van der Waals surface area contributed by atoms with Gasteiger partial charge in [-0.1, -0.05) is 73.3 Å². The van der Waals surface area contributed by atoms with E-state index in [1.165, 1.54) is 14.7 Å². The van der Waals surface area contributed by atoms with Crippen LogP contribution in [0.3, 0.4) is 0 Å². The number of Topliss-reactive ketones (excluding diaryl/α,β-unsaturated/α-hetero) is 1. The Kier molecular flexibility index (Phi) is 12.2. The standard InChI is InChI=1S/C37H61N7O7S/c1-8-13-26(30(45)32(47)38-18-9-2)39-31(46)29-27-25(37(27,6)7)22-43(29)33(48)28(24-14-11-10-12-15-24)40-35(49)41-34(36(3,4)5)44-20-19-42(52(44,50)51)21-23-16-17-23/h9,23-29,34H,2,8,10-22H2,1,3-7H3,(H,38,47)(H,39,46)(H2,40,41,49)/t25-,26?,27-,28-,29-,34+/m0/s1. The first-order valence-electron chi connectivity index (χ1n) is 19.3. The van der Waals surface area contributed by atoms with Crippen molar-refractivity contribution >= 4 is 39.7 Å². The highest BCUT2D eigenvalue weighted by atomic mass is 32.2. The molecule has 0 aromatic heterocycles. The van der Waals surface area contributed by atoms with Gasteiger partial charge in [-0.2, -0.15) is 17.0 Å². The zero-order valence-corrected chi connectivity index (χ0v) is 32.7. The lowest BCUT2D eigenvalue weighted by atomic mass is 9.83. The molecule has 5 amide bonds. The number of fused-ring (bicyclic) bond motifs is 1. The molecule has 15 heteroatoms. The molecule has 0 aromatic rings. The van der Waals surface area contributed by atoms with E-state index in [9.17, 15) is 32.4 Å². The van der Waals surface area contributed by atoms with Gasteiger partial charge in [0, 0.05) is 32.7 Å². The monoisotopic (exact) mass is 747 g/mol. The number of carbonyl (C=O) groups excluding carboxylic acids is 5. The molecule has 2 heterocycles. The highest BCUT2D eigenvalue weighted by Crippen LogP contribution is 2.65. The van der Waals surface area contributed by atoms with Gasteiger partial charge in [0.25, 0.3) is 16.1 Å². The Morgan fingerprint density at radius 1 is 0.962 bits per heavy atom. The number of rotatable bonds is 15. The van der Waals surface area contributed by atoms with Gasteiger partial charge in [0.1, 0.15) is 18.2 Å². The predicted octanol–water partition coefficient (Wildman–Crippen LogP) is 2.52.